The molecule has 0 saturated heterocycles. The minimum absolute atomic E-state index is 0.0179. The Kier molecular flexibility index (Phi) is 9.34. The first-order valence-electron chi connectivity index (χ1n) is 14.0. The van der Waals surface area contributed by atoms with Gasteiger partial charge in [0.2, 0.25) is 5.95 Å². The number of esters is 1. The third-order valence-corrected chi connectivity index (χ3v) is 7.65. The van der Waals surface area contributed by atoms with Gasteiger partial charge in [-0.05, 0) is 73.0 Å². The summed E-state index contributed by atoms with van der Waals surface area (Å²) in [6, 6.07) is 21.2. The molecular weight excluding hydrogens is 554 g/mol. The molecule has 0 atom stereocenters. The lowest BCUT2D eigenvalue weighted by Gasteiger charge is -2.20. The van der Waals surface area contributed by atoms with Gasteiger partial charge >= 0.3 is 5.97 Å². The summed E-state index contributed by atoms with van der Waals surface area (Å²) in [7, 11) is 1.33. The van der Waals surface area contributed by atoms with E-state index in [1.54, 1.807) is 65.2 Å². The molecule has 3 aromatic carbocycles. The van der Waals surface area contributed by atoms with E-state index >= 15 is 0 Å². The molecule has 5 rings (SSSR count). The van der Waals surface area contributed by atoms with Gasteiger partial charge in [0.1, 0.15) is 17.3 Å². The van der Waals surface area contributed by atoms with E-state index in [2.05, 4.69) is 10.3 Å². The normalized spacial score (nSPS) is 13.4. The molecule has 1 aliphatic rings. The minimum Gasteiger partial charge on any atom is -0.465 e. The lowest BCUT2D eigenvalue weighted by molar-refractivity contribution is -0.123. The number of nitrogens with zero attached hydrogens (tertiary/aromatic N) is 2. The van der Waals surface area contributed by atoms with E-state index in [0.717, 1.165) is 37.7 Å². The number of hydrogen-bond acceptors (Lipinski definition) is 7. The highest BCUT2D eigenvalue weighted by Crippen LogP contribution is 2.27. The molecule has 1 fully saturated rings. The van der Waals surface area contributed by atoms with E-state index in [-0.39, 0.29) is 30.2 Å². The first-order chi connectivity index (χ1) is 20.4. The van der Waals surface area contributed by atoms with Crippen molar-refractivity contribution in [2.24, 2.45) is 5.92 Å². The van der Waals surface area contributed by atoms with Crippen LogP contribution in [0.2, 0.25) is 5.02 Å². The number of hydrogen-bond donors (Lipinski definition) is 1. The Morgan fingerprint density at radius 2 is 1.71 bits per heavy atom. The zero-order chi connectivity index (χ0) is 29.5. The number of carbonyl (C=O) groups excluding carboxylic acids is 2. The zero-order valence-electron chi connectivity index (χ0n) is 23.3. The number of Topliss-reactive ketones (excluding diaryl/α,β-unsaturated/α-hetero) is 1. The second-order valence-electron chi connectivity index (χ2n) is 10.4. The number of benzene rings is 3. The predicted octanol–water partition coefficient (Wildman–Crippen LogP) is 6.96. The van der Waals surface area contributed by atoms with Crippen molar-refractivity contribution < 1.29 is 19.1 Å². The molecule has 0 bridgehead atoms. The van der Waals surface area contributed by atoms with E-state index in [4.69, 9.17) is 21.1 Å². The Hall–Kier alpha value is -4.43. The maximum Gasteiger partial charge on any atom is 0.337 e. The van der Waals surface area contributed by atoms with Gasteiger partial charge in [-0.25, -0.2) is 9.78 Å². The first kappa shape index (κ1) is 29.1. The van der Waals surface area contributed by atoms with Gasteiger partial charge in [0.25, 0.3) is 5.56 Å². The first-order valence-corrected chi connectivity index (χ1v) is 14.4. The number of carbonyl (C=O) groups is 2. The Morgan fingerprint density at radius 3 is 2.43 bits per heavy atom. The topological polar surface area (TPSA) is 99.5 Å². The number of rotatable bonds is 10. The monoisotopic (exact) mass is 585 g/mol. The molecule has 1 aliphatic carbocycles. The van der Waals surface area contributed by atoms with Crippen LogP contribution >= 0.6 is 11.6 Å². The lowest BCUT2D eigenvalue weighted by Crippen LogP contribution is -2.30. The van der Waals surface area contributed by atoms with Crippen LogP contribution in [0.4, 0.5) is 11.6 Å². The van der Waals surface area contributed by atoms with Crippen LogP contribution in [0, 0.1) is 5.92 Å². The summed E-state index contributed by atoms with van der Waals surface area (Å²) in [6.45, 7) is 0.258. The van der Waals surface area contributed by atoms with E-state index in [1.807, 2.05) is 12.1 Å². The maximum atomic E-state index is 13.7. The molecule has 1 saturated carbocycles. The zero-order valence-corrected chi connectivity index (χ0v) is 24.1. The summed E-state index contributed by atoms with van der Waals surface area (Å²) in [5, 5.41) is 3.84. The Balaban J connectivity index is 1.36. The van der Waals surface area contributed by atoms with Crippen LogP contribution in [-0.4, -0.2) is 28.4 Å². The quantitative estimate of drug-likeness (QED) is 0.201. The van der Waals surface area contributed by atoms with Gasteiger partial charge < -0.3 is 14.8 Å². The molecule has 216 valence electrons. The van der Waals surface area contributed by atoms with Gasteiger partial charge in [0.05, 0.1) is 19.2 Å². The van der Waals surface area contributed by atoms with Crippen LogP contribution in [-0.2, 0) is 22.5 Å². The van der Waals surface area contributed by atoms with Crippen LogP contribution in [0.25, 0.3) is 0 Å². The molecule has 1 heterocycles. The fourth-order valence-electron chi connectivity index (χ4n) is 5.11. The van der Waals surface area contributed by atoms with Crippen molar-refractivity contribution in [3.05, 3.63) is 111 Å². The molecule has 0 spiro atoms. The fourth-order valence-corrected chi connectivity index (χ4v) is 5.23. The molecule has 4 aromatic rings. The van der Waals surface area contributed by atoms with Crippen LogP contribution in [0.5, 0.6) is 11.5 Å². The number of aromatic nitrogens is 2. The van der Waals surface area contributed by atoms with E-state index < -0.39 is 5.97 Å². The summed E-state index contributed by atoms with van der Waals surface area (Å²) < 4.78 is 12.2. The van der Waals surface area contributed by atoms with Crippen molar-refractivity contribution >= 4 is 35.0 Å². The molecule has 9 heteroatoms. The van der Waals surface area contributed by atoms with E-state index in [1.165, 1.54) is 13.3 Å². The van der Waals surface area contributed by atoms with Crippen LogP contribution in [0.1, 0.15) is 53.6 Å². The highest BCUT2D eigenvalue weighted by Gasteiger charge is 2.23. The molecule has 0 aliphatic heterocycles. The third kappa shape index (κ3) is 7.25. The number of anilines is 2. The number of ether oxygens (including phenoxy) is 2. The van der Waals surface area contributed by atoms with E-state index in [9.17, 15) is 14.4 Å². The number of ketones is 1. The molecule has 0 amide bonds. The maximum absolute atomic E-state index is 13.7. The van der Waals surface area contributed by atoms with Crippen molar-refractivity contribution in [1.82, 2.24) is 9.55 Å². The van der Waals surface area contributed by atoms with Crippen molar-refractivity contribution in [3.63, 3.8) is 0 Å². The average molecular weight is 586 g/mol. The van der Waals surface area contributed by atoms with Gasteiger partial charge in [-0.3, -0.25) is 14.2 Å². The molecule has 0 radical (unpaired) electrons. The Bertz CT molecular complexity index is 1610. The Labute approximate surface area is 249 Å². The second-order valence-corrected chi connectivity index (χ2v) is 10.8. The lowest BCUT2D eigenvalue weighted by atomic mass is 9.84. The smallest absolute Gasteiger partial charge is 0.337 e. The Morgan fingerprint density at radius 1 is 0.976 bits per heavy atom. The van der Waals surface area contributed by atoms with Crippen molar-refractivity contribution in [2.45, 2.75) is 45.1 Å². The van der Waals surface area contributed by atoms with Crippen LogP contribution in [0.3, 0.4) is 0 Å². The van der Waals surface area contributed by atoms with Crippen molar-refractivity contribution in [1.29, 1.82) is 0 Å². The molecule has 8 nitrogen and oxygen atoms in total. The summed E-state index contributed by atoms with van der Waals surface area (Å²) in [4.78, 5) is 43.1. The predicted molar refractivity (Wildman–Crippen MR) is 162 cm³/mol. The van der Waals surface area contributed by atoms with E-state index in [0.29, 0.717) is 39.3 Å². The van der Waals surface area contributed by atoms with Crippen molar-refractivity contribution in [2.75, 3.05) is 12.4 Å². The number of methoxy groups -OCH3 is 1. The van der Waals surface area contributed by atoms with Gasteiger partial charge in [-0.15, -0.1) is 0 Å². The van der Waals surface area contributed by atoms with Gasteiger partial charge in [-0.1, -0.05) is 49.1 Å². The molecule has 42 heavy (non-hydrogen) atoms. The van der Waals surface area contributed by atoms with Crippen molar-refractivity contribution in [3.8, 4) is 11.5 Å². The highest BCUT2D eigenvalue weighted by molar-refractivity contribution is 6.30. The van der Waals surface area contributed by atoms with Gasteiger partial charge in [0.15, 0.2) is 0 Å². The summed E-state index contributed by atoms with van der Waals surface area (Å²) in [6.07, 6.45) is 6.65. The average Bonchev–Trinajstić information content (AvgIpc) is 3.02. The van der Waals surface area contributed by atoms with Crippen LogP contribution < -0.4 is 15.6 Å². The summed E-state index contributed by atoms with van der Waals surface area (Å²) >= 11 is 6.07. The standard InChI is InChI=1S/C33H32ClN3O5/c1-41-32(40)24-8-5-9-29(18-24)42-28-16-14-27(15-17-28)36-33-35-20-25(19-30(38)23-6-3-2-4-7-23)31(39)37(33)21-22-10-12-26(34)13-11-22/h5,8-18,20,23H,2-4,6-7,19,21H2,1H3,(H,35,36). The van der Waals surface area contributed by atoms with Gasteiger partial charge in [-0.2, -0.15) is 0 Å². The summed E-state index contributed by atoms with van der Waals surface area (Å²) in [5.41, 5.74) is 2.09. The minimum atomic E-state index is -0.443. The van der Waals surface area contributed by atoms with Gasteiger partial charge in [0, 0.05) is 34.8 Å². The molecular formula is C33H32ClN3O5. The molecule has 1 aromatic heterocycles. The van der Waals surface area contributed by atoms with Crippen LogP contribution in [0.15, 0.2) is 83.8 Å². The third-order valence-electron chi connectivity index (χ3n) is 7.40. The highest BCUT2D eigenvalue weighted by atomic mass is 35.5. The fraction of sp³-hybridized carbons (Fsp3) is 0.273. The number of halogens is 1. The molecule has 0 unspecified atom stereocenters. The summed E-state index contributed by atoms with van der Waals surface area (Å²) in [5.74, 6) is 1.09. The second kappa shape index (κ2) is 13.5. The largest absolute Gasteiger partial charge is 0.465 e. The molecule has 1 N–H and O–H groups in total. The number of nitrogens with one attached hydrogen (secondary N) is 1. The SMILES string of the molecule is COC(=O)c1cccc(Oc2ccc(Nc3ncc(CC(=O)C4CCCCC4)c(=O)n3Cc3ccc(Cl)cc3)cc2)c1.